The molecular weight excluding hydrogens is 266 g/mol. The minimum absolute atomic E-state index is 0.358. The molecule has 0 spiro atoms. The van der Waals surface area contributed by atoms with Gasteiger partial charge in [0.25, 0.3) is 0 Å². The van der Waals surface area contributed by atoms with E-state index in [-0.39, 0.29) is 0 Å². The summed E-state index contributed by atoms with van der Waals surface area (Å²) in [4.78, 5) is 8.12. The SMILES string of the molecule is ClCc1cncnc1-c1ccc(Cl)c(Cl)c1. The molecule has 0 saturated carbocycles. The Labute approximate surface area is 108 Å². The molecule has 0 saturated heterocycles. The summed E-state index contributed by atoms with van der Waals surface area (Å²) < 4.78 is 0. The average molecular weight is 274 g/mol. The van der Waals surface area contributed by atoms with Crippen LogP contribution in [0.15, 0.2) is 30.7 Å². The molecule has 0 aliphatic carbocycles. The molecule has 0 amide bonds. The van der Waals surface area contributed by atoms with Gasteiger partial charge in [-0.1, -0.05) is 29.3 Å². The van der Waals surface area contributed by atoms with Gasteiger partial charge in [0.2, 0.25) is 0 Å². The molecule has 0 unspecified atom stereocenters. The van der Waals surface area contributed by atoms with E-state index in [1.54, 1.807) is 18.3 Å². The molecule has 1 heterocycles. The van der Waals surface area contributed by atoms with E-state index in [9.17, 15) is 0 Å². The lowest BCUT2D eigenvalue weighted by Crippen LogP contribution is -1.92. The topological polar surface area (TPSA) is 25.8 Å². The normalized spacial score (nSPS) is 10.4. The summed E-state index contributed by atoms with van der Waals surface area (Å²) in [6.07, 6.45) is 3.17. The van der Waals surface area contributed by atoms with Gasteiger partial charge in [0, 0.05) is 17.3 Å². The maximum absolute atomic E-state index is 5.95. The first-order valence-electron chi connectivity index (χ1n) is 4.52. The van der Waals surface area contributed by atoms with Crippen LogP contribution >= 0.6 is 34.8 Å². The van der Waals surface area contributed by atoms with E-state index >= 15 is 0 Å². The van der Waals surface area contributed by atoms with E-state index in [0.717, 1.165) is 16.8 Å². The quantitative estimate of drug-likeness (QED) is 0.767. The Morgan fingerprint density at radius 2 is 1.94 bits per heavy atom. The van der Waals surface area contributed by atoms with Crippen LogP contribution in [0.1, 0.15) is 5.56 Å². The first kappa shape index (κ1) is 11.6. The molecule has 0 N–H and O–H groups in total. The van der Waals surface area contributed by atoms with Crippen molar-refractivity contribution in [1.82, 2.24) is 9.97 Å². The molecule has 2 rings (SSSR count). The Morgan fingerprint density at radius 1 is 1.12 bits per heavy atom. The zero-order valence-electron chi connectivity index (χ0n) is 8.12. The molecule has 16 heavy (non-hydrogen) atoms. The van der Waals surface area contributed by atoms with E-state index in [4.69, 9.17) is 34.8 Å². The second kappa shape index (κ2) is 5.00. The molecule has 0 aliphatic heterocycles. The molecular formula is C11H7Cl3N2. The number of benzene rings is 1. The zero-order valence-corrected chi connectivity index (χ0v) is 10.4. The average Bonchev–Trinajstić information content (AvgIpc) is 2.32. The van der Waals surface area contributed by atoms with E-state index in [0.29, 0.717) is 15.9 Å². The lowest BCUT2D eigenvalue weighted by molar-refractivity contribution is 1.12. The molecule has 0 fully saturated rings. The highest BCUT2D eigenvalue weighted by molar-refractivity contribution is 6.42. The zero-order chi connectivity index (χ0) is 11.5. The predicted octanol–water partition coefficient (Wildman–Crippen LogP) is 4.19. The molecule has 2 nitrogen and oxygen atoms in total. The highest BCUT2D eigenvalue weighted by Gasteiger charge is 2.07. The van der Waals surface area contributed by atoms with E-state index < -0.39 is 0 Å². The van der Waals surface area contributed by atoms with Gasteiger partial charge in [-0.2, -0.15) is 0 Å². The van der Waals surface area contributed by atoms with Crippen molar-refractivity contribution in [2.75, 3.05) is 0 Å². The van der Waals surface area contributed by atoms with E-state index in [1.165, 1.54) is 6.33 Å². The van der Waals surface area contributed by atoms with Gasteiger partial charge in [-0.15, -0.1) is 11.6 Å². The second-order valence-electron chi connectivity index (χ2n) is 3.16. The van der Waals surface area contributed by atoms with Crippen molar-refractivity contribution in [1.29, 1.82) is 0 Å². The summed E-state index contributed by atoms with van der Waals surface area (Å²) in [5.74, 6) is 0.358. The van der Waals surface area contributed by atoms with Crippen LogP contribution in [0.4, 0.5) is 0 Å². The molecule has 0 atom stereocenters. The predicted molar refractivity (Wildman–Crippen MR) is 67.0 cm³/mol. The van der Waals surface area contributed by atoms with Gasteiger partial charge in [0.1, 0.15) is 6.33 Å². The van der Waals surface area contributed by atoms with Crippen LogP contribution in [0.2, 0.25) is 10.0 Å². The summed E-state index contributed by atoms with van der Waals surface area (Å²) >= 11 is 17.6. The minimum atomic E-state index is 0.358. The molecule has 0 radical (unpaired) electrons. The summed E-state index contributed by atoms with van der Waals surface area (Å²) in [6.45, 7) is 0. The van der Waals surface area contributed by atoms with Gasteiger partial charge < -0.3 is 0 Å². The largest absolute Gasteiger partial charge is 0.244 e. The molecule has 1 aromatic carbocycles. The monoisotopic (exact) mass is 272 g/mol. The fourth-order valence-electron chi connectivity index (χ4n) is 1.36. The van der Waals surface area contributed by atoms with Crippen molar-refractivity contribution in [2.24, 2.45) is 0 Å². The van der Waals surface area contributed by atoms with Crippen molar-refractivity contribution < 1.29 is 0 Å². The molecule has 0 bridgehead atoms. The third-order valence-electron chi connectivity index (χ3n) is 2.13. The van der Waals surface area contributed by atoms with Crippen molar-refractivity contribution in [2.45, 2.75) is 5.88 Å². The van der Waals surface area contributed by atoms with Crippen LogP contribution < -0.4 is 0 Å². The number of halogens is 3. The highest BCUT2D eigenvalue weighted by atomic mass is 35.5. The number of aromatic nitrogens is 2. The van der Waals surface area contributed by atoms with E-state index in [2.05, 4.69) is 9.97 Å². The fraction of sp³-hybridized carbons (Fsp3) is 0.0909. The summed E-state index contributed by atoms with van der Waals surface area (Å²) in [6, 6.07) is 5.36. The van der Waals surface area contributed by atoms with Gasteiger partial charge in [-0.3, -0.25) is 0 Å². The van der Waals surface area contributed by atoms with Crippen molar-refractivity contribution in [3.05, 3.63) is 46.3 Å². The first-order valence-corrected chi connectivity index (χ1v) is 5.81. The number of hydrogen-bond donors (Lipinski definition) is 0. The highest BCUT2D eigenvalue weighted by Crippen LogP contribution is 2.29. The summed E-state index contributed by atoms with van der Waals surface area (Å²) in [5, 5.41) is 1.02. The summed E-state index contributed by atoms with van der Waals surface area (Å²) in [7, 11) is 0. The molecule has 0 aliphatic rings. The van der Waals surface area contributed by atoms with Crippen LogP contribution in [0.5, 0.6) is 0 Å². The Hall–Kier alpha value is -0.830. The van der Waals surface area contributed by atoms with Crippen LogP contribution in [-0.2, 0) is 5.88 Å². The Kier molecular flexibility index (Phi) is 3.64. The number of rotatable bonds is 2. The van der Waals surface area contributed by atoms with Crippen molar-refractivity contribution >= 4 is 34.8 Å². The van der Waals surface area contributed by atoms with Crippen LogP contribution in [-0.4, -0.2) is 9.97 Å². The van der Waals surface area contributed by atoms with Gasteiger partial charge in [0.05, 0.1) is 21.6 Å². The Balaban J connectivity index is 2.54. The number of hydrogen-bond acceptors (Lipinski definition) is 2. The lowest BCUT2D eigenvalue weighted by atomic mass is 10.1. The maximum atomic E-state index is 5.95. The number of alkyl halides is 1. The standard InChI is InChI=1S/C11H7Cl3N2/c12-4-8-5-15-6-16-11(8)7-1-2-9(13)10(14)3-7/h1-3,5-6H,4H2. The number of nitrogens with zero attached hydrogens (tertiary/aromatic N) is 2. The van der Waals surface area contributed by atoms with Crippen LogP contribution in [0.25, 0.3) is 11.3 Å². The van der Waals surface area contributed by atoms with Gasteiger partial charge >= 0.3 is 0 Å². The second-order valence-corrected chi connectivity index (χ2v) is 4.24. The maximum Gasteiger partial charge on any atom is 0.116 e. The third kappa shape index (κ3) is 2.29. The first-order chi connectivity index (χ1) is 7.72. The molecule has 1 aromatic heterocycles. The minimum Gasteiger partial charge on any atom is -0.244 e. The van der Waals surface area contributed by atoms with Crippen molar-refractivity contribution in [3.63, 3.8) is 0 Å². The van der Waals surface area contributed by atoms with Crippen molar-refractivity contribution in [3.8, 4) is 11.3 Å². The van der Waals surface area contributed by atoms with Crippen LogP contribution in [0, 0.1) is 0 Å². The summed E-state index contributed by atoms with van der Waals surface area (Å²) in [5.41, 5.74) is 2.53. The Bertz CT molecular complexity index is 514. The van der Waals surface area contributed by atoms with Gasteiger partial charge in [0.15, 0.2) is 0 Å². The smallest absolute Gasteiger partial charge is 0.116 e. The third-order valence-corrected chi connectivity index (χ3v) is 3.15. The lowest BCUT2D eigenvalue weighted by Gasteiger charge is -2.06. The van der Waals surface area contributed by atoms with Gasteiger partial charge in [-0.05, 0) is 12.1 Å². The van der Waals surface area contributed by atoms with Gasteiger partial charge in [-0.25, -0.2) is 9.97 Å². The molecule has 82 valence electrons. The molecule has 2 aromatic rings. The van der Waals surface area contributed by atoms with Crippen LogP contribution in [0.3, 0.4) is 0 Å². The molecule has 5 heteroatoms. The van der Waals surface area contributed by atoms with E-state index in [1.807, 2.05) is 6.07 Å². The fourth-order valence-corrected chi connectivity index (χ4v) is 1.85. The Morgan fingerprint density at radius 3 is 2.62 bits per heavy atom.